The van der Waals surface area contributed by atoms with Crippen LogP contribution in [0.15, 0.2) is 48.7 Å². The Hall–Kier alpha value is -3.26. The van der Waals surface area contributed by atoms with Crippen LogP contribution in [0.5, 0.6) is 0 Å². The molecule has 2 aromatic rings. The monoisotopic (exact) mass is 587 g/mol. The smallest absolute Gasteiger partial charge is 0.253 e. The first-order chi connectivity index (χ1) is 20.9. The summed E-state index contributed by atoms with van der Waals surface area (Å²) in [6.07, 6.45) is 12.6. The number of nitrogens with zero attached hydrogens (tertiary/aromatic N) is 4. The van der Waals surface area contributed by atoms with Gasteiger partial charge in [0.2, 0.25) is 11.8 Å². The number of likely N-dealkylation sites (tertiary alicyclic amines) is 1. The molecule has 1 spiro atoms. The fourth-order valence-corrected chi connectivity index (χ4v) is 7.17. The van der Waals surface area contributed by atoms with Crippen LogP contribution in [0.25, 0.3) is 0 Å². The molecule has 5 rings (SSSR count). The van der Waals surface area contributed by atoms with E-state index < -0.39 is 5.54 Å². The van der Waals surface area contributed by atoms with Crippen molar-refractivity contribution in [1.82, 2.24) is 25.0 Å². The molecule has 0 unspecified atom stereocenters. The van der Waals surface area contributed by atoms with Crippen LogP contribution >= 0.6 is 0 Å². The first kappa shape index (κ1) is 31.2. The first-order valence-corrected chi connectivity index (χ1v) is 16.5. The van der Waals surface area contributed by atoms with Crippen LogP contribution in [-0.2, 0) is 22.6 Å². The summed E-state index contributed by atoms with van der Waals surface area (Å²) in [7, 11) is 1.83. The normalized spacial score (nSPS) is 21.2. The number of piperazine rings is 1. The number of hydrogen-bond acceptors (Lipinski definition) is 5. The van der Waals surface area contributed by atoms with Crippen molar-refractivity contribution in [3.05, 3.63) is 65.5 Å². The lowest BCUT2D eigenvalue weighted by Crippen LogP contribution is -2.73. The number of amides is 3. The van der Waals surface area contributed by atoms with Gasteiger partial charge in [-0.1, -0.05) is 63.6 Å². The summed E-state index contributed by atoms with van der Waals surface area (Å²) >= 11 is 0. The second kappa shape index (κ2) is 14.5. The molecule has 1 aromatic carbocycles. The summed E-state index contributed by atoms with van der Waals surface area (Å²) in [4.78, 5) is 50.9. The molecular weight excluding hydrogens is 538 g/mol. The topological polar surface area (TPSA) is 85.8 Å². The number of hydrogen-bond donors (Lipinski definition) is 1. The number of piperidine rings is 1. The van der Waals surface area contributed by atoms with E-state index in [0.29, 0.717) is 37.4 Å². The molecule has 3 aliphatic rings. The summed E-state index contributed by atoms with van der Waals surface area (Å²) in [5, 5.41) is 3.20. The fourth-order valence-electron chi connectivity index (χ4n) is 7.17. The Morgan fingerprint density at radius 1 is 1.05 bits per heavy atom. The Labute approximate surface area is 257 Å². The van der Waals surface area contributed by atoms with E-state index in [2.05, 4.69) is 22.1 Å². The zero-order valence-corrected chi connectivity index (χ0v) is 26.1. The zero-order chi connectivity index (χ0) is 30.2. The van der Waals surface area contributed by atoms with Crippen molar-refractivity contribution in [3.8, 4) is 0 Å². The van der Waals surface area contributed by atoms with Crippen molar-refractivity contribution in [2.24, 2.45) is 5.92 Å². The molecule has 0 bridgehead atoms. The van der Waals surface area contributed by atoms with Crippen molar-refractivity contribution >= 4 is 17.7 Å². The van der Waals surface area contributed by atoms with E-state index in [1.165, 1.54) is 32.1 Å². The molecule has 3 heterocycles. The molecule has 0 radical (unpaired) electrons. The molecule has 2 saturated heterocycles. The Bertz CT molecular complexity index is 1220. The number of rotatable bonds is 11. The number of likely N-dealkylation sites (N-methyl/N-ethyl adjacent to an activating group) is 1. The molecule has 232 valence electrons. The van der Waals surface area contributed by atoms with Crippen LogP contribution in [0.3, 0.4) is 0 Å². The molecular formula is C35H49N5O3. The van der Waals surface area contributed by atoms with Gasteiger partial charge >= 0.3 is 0 Å². The maximum absolute atomic E-state index is 13.8. The molecule has 1 aromatic heterocycles. The van der Waals surface area contributed by atoms with Crippen molar-refractivity contribution in [2.75, 3.05) is 33.2 Å². The van der Waals surface area contributed by atoms with Gasteiger partial charge in [-0.05, 0) is 61.4 Å². The van der Waals surface area contributed by atoms with E-state index in [0.717, 1.165) is 56.6 Å². The average Bonchev–Trinajstić information content (AvgIpc) is 3.04. The maximum atomic E-state index is 13.8. The summed E-state index contributed by atoms with van der Waals surface area (Å²) in [5.41, 5.74) is 2.06. The molecule has 3 fully saturated rings. The molecule has 43 heavy (non-hydrogen) atoms. The van der Waals surface area contributed by atoms with Crippen molar-refractivity contribution in [1.29, 1.82) is 0 Å². The van der Waals surface area contributed by atoms with E-state index in [1.807, 2.05) is 54.4 Å². The summed E-state index contributed by atoms with van der Waals surface area (Å²) in [6, 6.07) is 13.3. The molecule has 2 aliphatic heterocycles. The minimum absolute atomic E-state index is 0.00401. The number of aromatic nitrogens is 1. The Kier molecular flexibility index (Phi) is 10.5. The molecule has 8 nitrogen and oxygen atoms in total. The van der Waals surface area contributed by atoms with Gasteiger partial charge in [0.15, 0.2) is 0 Å². The Morgan fingerprint density at radius 2 is 1.79 bits per heavy atom. The molecule has 1 N–H and O–H groups in total. The maximum Gasteiger partial charge on any atom is 0.253 e. The lowest BCUT2D eigenvalue weighted by atomic mass is 9.79. The second-order valence-corrected chi connectivity index (χ2v) is 12.9. The third-order valence-corrected chi connectivity index (χ3v) is 9.90. The molecule has 3 amide bonds. The van der Waals surface area contributed by atoms with Crippen LogP contribution in [0.2, 0.25) is 0 Å². The van der Waals surface area contributed by atoms with Crippen LogP contribution in [0, 0.1) is 5.92 Å². The number of pyridine rings is 1. The highest BCUT2D eigenvalue weighted by atomic mass is 16.2. The van der Waals surface area contributed by atoms with Gasteiger partial charge in [-0.15, -0.1) is 0 Å². The van der Waals surface area contributed by atoms with Gasteiger partial charge in [0.1, 0.15) is 11.6 Å². The van der Waals surface area contributed by atoms with Gasteiger partial charge in [-0.3, -0.25) is 24.3 Å². The van der Waals surface area contributed by atoms with E-state index in [9.17, 15) is 14.4 Å². The van der Waals surface area contributed by atoms with E-state index in [-0.39, 0.29) is 23.8 Å². The van der Waals surface area contributed by atoms with Gasteiger partial charge < -0.3 is 15.1 Å². The van der Waals surface area contributed by atoms with E-state index in [1.54, 1.807) is 11.1 Å². The average molecular weight is 588 g/mol. The molecule has 8 heteroatoms. The summed E-state index contributed by atoms with van der Waals surface area (Å²) in [5.74, 6) is 0.737. The van der Waals surface area contributed by atoms with Gasteiger partial charge in [0, 0.05) is 63.6 Å². The molecule has 1 atom stereocenters. The van der Waals surface area contributed by atoms with Crippen LogP contribution in [0.4, 0.5) is 0 Å². The van der Waals surface area contributed by atoms with Crippen LogP contribution < -0.4 is 5.32 Å². The second-order valence-electron chi connectivity index (χ2n) is 12.9. The van der Waals surface area contributed by atoms with E-state index >= 15 is 0 Å². The minimum atomic E-state index is -0.734. The Morgan fingerprint density at radius 3 is 2.47 bits per heavy atom. The standard InChI is InChI=1S/C35H49N5O3/c1-3-4-21-40-33(42)31(25-27-10-6-5-7-11-27)37-34(43)35(40)18-23-39(24-19-35)26-28-13-15-29(16-14-28)32(41)38(2)22-17-30-12-8-9-20-36-30/h8-9,12-16,20,27,31H,3-7,10-11,17-19,21-26H2,1-2H3,(H,37,43)/t31-/m0/s1. The van der Waals surface area contributed by atoms with Crippen molar-refractivity contribution in [2.45, 2.75) is 95.7 Å². The third-order valence-electron chi connectivity index (χ3n) is 9.90. The van der Waals surface area contributed by atoms with Gasteiger partial charge in [-0.25, -0.2) is 0 Å². The highest BCUT2D eigenvalue weighted by Gasteiger charge is 2.53. The number of benzene rings is 1. The van der Waals surface area contributed by atoms with E-state index in [4.69, 9.17) is 0 Å². The lowest BCUT2D eigenvalue weighted by molar-refractivity contribution is -0.162. The number of unbranched alkanes of at least 4 members (excludes halogenated alkanes) is 1. The van der Waals surface area contributed by atoms with Crippen LogP contribution in [0.1, 0.15) is 92.7 Å². The van der Waals surface area contributed by atoms with Gasteiger partial charge in [0.25, 0.3) is 5.91 Å². The highest BCUT2D eigenvalue weighted by Crippen LogP contribution is 2.36. The SMILES string of the molecule is CCCCN1C(=O)[C@H](CC2CCCCC2)NC(=O)C12CCN(Cc1ccc(C(=O)N(C)CCc3ccccn3)cc1)CC2. The van der Waals surface area contributed by atoms with Crippen molar-refractivity contribution in [3.63, 3.8) is 0 Å². The number of carbonyl (C=O) groups excluding carboxylic acids is 3. The largest absolute Gasteiger partial charge is 0.342 e. The predicted molar refractivity (Wildman–Crippen MR) is 168 cm³/mol. The minimum Gasteiger partial charge on any atom is -0.342 e. The fraction of sp³-hybridized carbons (Fsp3) is 0.600. The third kappa shape index (κ3) is 7.46. The summed E-state index contributed by atoms with van der Waals surface area (Å²) in [6.45, 7) is 5.69. The number of nitrogens with one attached hydrogen (secondary N) is 1. The van der Waals surface area contributed by atoms with Crippen molar-refractivity contribution < 1.29 is 14.4 Å². The Balaban J connectivity index is 1.16. The van der Waals surface area contributed by atoms with Crippen LogP contribution in [-0.4, -0.2) is 82.2 Å². The van der Waals surface area contributed by atoms with Gasteiger partial charge in [-0.2, -0.15) is 0 Å². The summed E-state index contributed by atoms with van der Waals surface area (Å²) < 4.78 is 0. The number of carbonyl (C=O) groups is 3. The predicted octanol–water partition coefficient (Wildman–Crippen LogP) is 4.83. The molecule has 1 saturated carbocycles. The molecule has 1 aliphatic carbocycles. The zero-order valence-electron chi connectivity index (χ0n) is 26.1. The quantitative estimate of drug-likeness (QED) is 0.407. The first-order valence-electron chi connectivity index (χ1n) is 16.5. The highest BCUT2D eigenvalue weighted by molar-refractivity contribution is 6.00. The van der Waals surface area contributed by atoms with Gasteiger partial charge in [0.05, 0.1) is 0 Å². The lowest BCUT2D eigenvalue weighted by Gasteiger charge is -2.52.